The molecule has 24 heavy (non-hydrogen) atoms. The van der Waals surface area contributed by atoms with Crippen molar-refractivity contribution in [3.05, 3.63) is 41.9 Å². The predicted octanol–water partition coefficient (Wildman–Crippen LogP) is 2.73. The fourth-order valence-electron chi connectivity index (χ4n) is 1.98. The summed E-state index contributed by atoms with van der Waals surface area (Å²) in [7, 11) is 0. The van der Waals surface area contributed by atoms with Gasteiger partial charge < -0.3 is 10.5 Å². The largest absolute Gasteiger partial charge is 0.477 e. The molecule has 0 saturated heterocycles. The van der Waals surface area contributed by atoms with E-state index in [1.165, 1.54) is 0 Å². The van der Waals surface area contributed by atoms with Crippen molar-refractivity contribution in [1.29, 1.82) is 5.41 Å². The molecule has 0 aliphatic carbocycles. The van der Waals surface area contributed by atoms with Crippen LogP contribution in [0, 0.1) is 17.7 Å². The number of carbonyl (C=O) groups excluding carboxylic acids is 1. The van der Waals surface area contributed by atoms with Gasteiger partial charge in [0.2, 0.25) is 5.88 Å². The number of carbonyl (C=O) groups is 1. The number of hydrogen-bond acceptors (Lipinski definition) is 5. The first-order chi connectivity index (χ1) is 11.2. The minimum absolute atomic E-state index is 0.0618. The summed E-state index contributed by atoms with van der Waals surface area (Å²) in [6, 6.07) is 5.40. The Labute approximate surface area is 141 Å². The van der Waals surface area contributed by atoms with Gasteiger partial charge in [0.1, 0.15) is 23.9 Å². The first-order valence-corrected chi connectivity index (χ1v) is 7.62. The number of pyridine rings is 2. The lowest BCUT2D eigenvalue weighted by atomic mass is 9.90. The fraction of sp³-hybridized carbons (Fsp3) is 0.333. The SMILES string of the molecule is CC(=O)C(C)(C)COc1cc(C)c(-c2ccc(C(=N)N)nc2)cn1. The Morgan fingerprint density at radius 1 is 1.29 bits per heavy atom. The van der Waals surface area contributed by atoms with Gasteiger partial charge >= 0.3 is 0 Å². The number of amidine groups is 1. The van der Waals surface area contributed by atoms with Crippen LogP contribution in [0.3, 0.4) is 0 Å². The van der Waals surface area contributed by atoms with Gasteiger partial charge in [-0.15, -0.1) is 0 Å². The molecule has 2 rings (SSSR count). The van der Waals surface area contributed by atoms with E-state index in [1.54, 1.807) is 25.4 Å². The van der Waals surface area contributed by atoms with Gasteiger partial charge in [-0.1, -0.05) is 6.07 Å². The molecule has 0 fully saturated rings. The Kier molecular flexibility index (Phi) is 4.97. The van der Waals surface area contributed by atoms with Crippen molar-refractivity contribution in [2.24, 2.45) is 11.1 Å². The van der Waals surface area contributed by atoms with Crippen LogP contribution in [0.5, 0.6) is 5.88 Å². The molecule has 6 heteroatoms. The molecule has 2 aromatic heterocycles. The summed E-state index contributed by atoms with van der Waals surface area (Å²) in [5.41, 5.74) is 8.11. The highest BCUT2D eigenvalue weighted by molar-refractivity contribution is 5.93. The molecule has 0 radical (unpaired) electrons. The van der Waals surface area contributed by atoms with Crippen LogP contribution in [0.2, 0.25) is 0 Å². The van der Waals surface area contributed by atoms with Gasteiger partial charge in [0.05, 0.1) is 5.41 Å². The molecule has 0 atom stereocenters. The summed E-state index contributed by atoms with van der Waals surface area (Å²) in [4.78, 5) is 20.0. The zero-order chi connectivity index (χ0) is 17.9. The minimum atomic E-state index is -0.541. The van der Waals surface area contributed by atoms with Crippen molar-refractivity contribution in [1.82, 2.24) is 9.97 Å². The Hall–Kier alpha value is -2.76. The molecule has 2 heterocycles. The molecule has 0 aromatic carbocycles. The first kappa shape index (κ1) is 17.6. The number of nitrogens with one attached hydrogen (secondary N) is 1. The number of nitrogens with zero attached hydrogens (tertiary/aromatic N) is 2. The van der Waals surface area contributed by atoms with Crippen LogP contribution in [-0.4, -0.2) is 28.2 Å². The maximum atomic E-state index is 11.5. The number of aromatic nitrogens is 2. The zero-order valence-corrected chi connectivity index (χ0v) is 14.4. The maximum Gasteiger partial charge on any atom is 0.213 e. The Balaban J connectivity index is 2.18. The first-order valence-electron chi connectivity index (χ1n) is 7.62. The molecule has 0 bridgehead atoms. The van der Waals surface area contributed by atoms with E-state index in [1.807, 2.05) is 32.9 Å². The highest BCUT2D eigenvalue weighted by Crippen LogP contribution is 2.25. The number of rotatable bonds is 6. The number of nitrogen functional groups attached to an aromatic ring is 1. The highest BCUT2D eigenvalue weighted by Gasteiger charge is 2.24. The molecule has 0 amide bonds. The standard InChI is InChI=1S/C18H22N4O2/c1-11-7-16(24-10-18(3,4)12(2)23)22-9-14(11)13-5-6-15(17(19)20)21-8-13/h5-9H,10H2,1-4H3,(H3,19,20). The number of ketones is 1. The number of hydrogen-bond donors (Lipinski definition) is 2. The molecule has 0 spiro atoms. The average molecular weight is 326 g/mol. The van der Waals surface area contributed by atoms with E-state index in [2.05, 4.69) is 9.97 Å². The Bertz CT molecular complexity index is 767. The summed E-state index contributed by atoms with van der Waals surface area (Å²) in [6.07, 6.45) is 3.38. The van der Waals surface area contributed by atoms with E-state index in [0.717, 1.165) is 16.7 Å². The van der Waals surface area contributed by atoms with Crippen molar-refractivity contribution in [2.75, 3.05) is 6.61 Å². The van der Waals surface area contributed by atoms with E-state index < -0.39 is 5.41 Å². The predicted molar refractivity (Wildman–Crippen MR) is 93.2 cm³/mol. The quantitative estimate of drug-likeness (QED) is 0.627. The number of aryl methyl sites for hydroxylation is 1. The van der Waals surface area contributed by atoms with Gasteiger partial charge in [0.15, 0.2) is 0 Å². The Morgan fingerprint density at radius 3 is 2.50 bits per heavy atom. The monoisotopic (exact) mass is 326 g/mol. The summed E-state index contributed by atoms with van der Waals surface area (Å²) < 4.78 is 5.66. The molecule has 2 aromatic rings. The second-order valence-electron chi connectivity index (χ2n) is 6.41. The fourth-order valence-corrected chi connectivity index (χ4v) is 1.98. The molecule has 3 N–H and O–H groups in total. The van der Waals surface area contributed by atoms with Gasteiger partial charge in [0, 0.05) is 29.6 Å². The topological polar surface area (TPSA) is 102 Å². The van der Waals surface area contributed by atoms with Gasteiger partial charge in [-0.2, -0.15) is 0 Å². The van der Waals surface area contributed by atoms with Crippen LogP contribution in [0.25, 0.3) is 11.1 Å². The van der Waals surface area contributed by atoms with E-state index in [0.29, 0.717) is 11.6 Å². The van der Waals surface area contributed by atoms with Gasteiger partial charge in [-0.25, -0.2) is 4.98 Å². The minimum Gasteiger partial charge on any atom is -0.477 e. The third-order valence-corrected chi connectivity index (χ3v) is 3.97. The number of ether oxygens (including phenoxy) is 1. The molecule has 126 valence electrons. The van der Waals surface area contributed by atoms with Crippen molar-refractivity contribution >= 4 is 11.6 Å². The summed E-state index contributed by atoms with van der Waals surface area (Å²) in [5, 5.41) is 7.37. The van der Waals surface area contributed by atoms with E-state index in [9.17, 15) is 4.79 Å². The number of Topliss-reactive ketones (excluding diaryl/α,β-unsaturated/α-hetero) is 1. The summed E-state index contributed by atoms with van der Waals surface area (Å²) >= 11 is 0. The molecular weight excluding hydrogens is 304 g/mol. The summed E-state index contributed by atoms with van der Waals surface area (Å²) in [6.45, 7) is 7.49. The second kappa shape index (κ2) is 6.78. The lowest BCUT2D eigenvalue weighted by Gasteiger charge is -2.21. The van der Waals surface area contributed by atoms with Crippen LogP contribution in [0.15, 0.2) is 30.6 Å². The van der Waals surface area contributed by atoms with Crippen LogP contribution >= 0.6 is 0 Å². The molecule has 0 aliphatic rings. The molecule has 0 saturated carbocycles. The van der Waals surface area contributed by atoms with Crippen molar-refractivity contribution < 1.29 is 9.53 Å². The van der Waals surface area contributed by atoms with Crippen LogP contribution in [0.4, 0.5) is 0 Å². The highest BCUT2D eigenvalue weighted by atomic mass is 16.5. The zero-order valence-electron chi connectivity index (χ0n) is 14.4. The van der Waals surface area contributed by atoms with Gasteiger partial charge in [0.25, 0.3) is 0 Å². The smallest absolute Gasteiger partial charge is 0.213 e. The van der Waals surface area contributed by atoms with Gasteiger partial charge in [-0.05, 0) is 39.3 Å². The lowest BCUT2D eigenvalue weighted by Crippen LogP contribution is -2.29. The molecule has 0 aliphatic heterocycles. The van der Waals surface area contributed by atoms with Crippen molar-refractivity contribution in [3.8, 4) is 17.0 Å². The van der Waals surface area contributed by atoms with Crippen molar-refractivity contribution in [2.45, 2.75) is 27.7 Å². The maximum absolute atomic E-state index is 11.5. The summed E-state index contributed by atoms with van der Waals surface area (Å²) in [5.74, 6) is 0.500. The normalized spacial score (nSPS) is 11.2. The van der Waals surface area contributed by atoms with E-state index in [4.69, 9.17) is 15.9 Å². The molecule has 0 unspecified atom stereocenters. The lowest BCUT2D eigenvalue weighted by molar-refractivity contribution is -0.126. The molecule has 6 nitrogen and oxygen atoms in total. The average Bonchev–Trinajstić information content (AvgIpc) is 2.53. The van der Waals surface area contributed by atoms with E-state index >= 15 is 0 Å². The van der Waals surface area contributed by atoms with Crippen LogP contribution < -0.4 is 10.5 Å². The second-order valence-corrected chi connectivity index (χ2v) is 6.41. The third-order valence-electron chi connectivity index (χ3n) is 3.97. The molecular formula is C18H22N4O2. The number of nitrogens with two attached hydrogens (primary N) is 1. The van der Waals surface area contributed by atoms with Crippen LogP contribution in [-0.2, 0) is 4.79 Å². The van der Waals surface area contributed by atoms with Crippen molar-refractivity contribution in [3.63, 3.8) is 0 Å². The third kappa shape index (κ3) is 3.95. The van der Waals surface area contributed by atoms with E-state index in [-0.39, 0.29) is 18.2 Å². The van der Waals surface area contributed by atoms with Crippen LogP contribution in [0.1, 0.15) is 32.0 Å². The Morgan fingerprint density at radius 2 is 2.00 bits per heavy atom. The van der Waals surface area contributed by atoms with Gasteiger partial charge in [-0.3, -0.25) is 15.2 Å².